The van der Waals surface area contributed by atoms with Crippen molar-refractivity contribution in [1.82, 2.24) is 15.1 Å². The third-order valence-electron chi connectivity index (χ3n) is 3.51. The monoisotopic (exact) mass is 280 g/mol. The first kappa shape index (κ1) is 16.5. The molecule has 0 atom stereocenters. The molecule has 114 valence electrons. The number of hydrogen-bond donors (Lipinski definition) is 2. The average molecular weight is 280 g/mol. The molecule has 0 radical (unpaired) electrons. The van der Waals surface area contributed by atoms with Crippen molar-refractivity contribution < 1.29 is 4.79 Å². The van der Waals surface area contributed by atoms with Crippen LogP contribution in [0.2, 0.25) is 0 Å². The molecule has 0 saturated heterocycles. The van der Waals surface area contributed by atoms with E-state index in [0.717, 1.165) is 6.42 Å². The van der Waals surface area contributed by atoms with Gasteiger partial charge in [0.25, 0.3) is 5.91 Å². The van der Waals surface area contributed by atoms with Gasteiger partial charge < -0.3 is 11.1 Å². The highest BCUT2D eigenvalue weighted by Gasteiger charge is 2.21. The minimum atomic E-state index is -0.182. The van der Waals surface area contributed by atoms with Crippen LogP contribution >= 0.6 is 0 Å². The second kappa shape index (κ2) is 7.31. The van der Waals surface area contributed by atoms with Crippen molar-refractivity contribution in [2.24, 2.45) is 5.41 Å². The lowest BCUT2D eigenvalue weighted by Gasteiger charge is -2.24. The Morgan fingerprint density at radius 1 is 1.40 bits per heavy atom. The molecular weight excluding hydrogens is 252 g/mol. The lowest BCUT2D eigenvalue weighted by molar-refractivity contribution is 0.0929. The largest absolute Gasteiger partial charge is 0.396 e. The van der Waals surface area contributed by atoms with Crippen LogP contribution in [0.3, 0.4) is 0 Å². The molecule has 0 aliphatic rings. The molecule has 5 nitrogen and oxygen atoms in total. The highest BCUT2D eigenvalue weighted by atomic mass is 16.2. The Kier molecular flexibility index (Phi) is 6.05. The van der Waals surface area contributed by atoms with Crippen LogP contribution in [0.4, 0.5) is 5.69 Å². The summed E-state index contributed by atoms with van der Waals surface area (Å²) >= 11 is 0. The fourth-order valence-electron chi connectivity index (χ4n) is 2.12. The molecule has 0 saturated carbocycles. The highest BCUT2D eigenvalue weighted by Crippen LogP contribution is 2.23. The maximum absolute atomic E-state index is 12.1. The Bertz CT molecular complexity index is 437. The van der Waals surface area contributed by atoms with E-state index in [1.54, 1.807) is 10.9 Å². The zero-order valence-electron chi connectivity index (χ0n) is 13.2. The van der Waals surface area contributed by atoms with E-state index < -0.39 is 0 Å². The second-order valence-electron chi connectivity index (χ2n) is 6.09. The van der Waals surface area contributed by atoms with Gasteiger partial charge in [-0.05, 0) is 18.8 Å². The van der Waals surface area contributed by atoms with Gasteiger partial charge in [-0.2, -0.15) is 5.10 Å². The van der Waals surface area contributed by atoms with Gasteiger partial charge in [0.15, 0.2) is 5.69 Å². The number of nitrogen functional groups attached to an aromatic ring is 1. The molecule has 3 N–H and O–H groups in total. The number of anilines is 1. The molecule has 0 aromatic carbocycles. The number of aromatic nitrogens is 2. The number of nitrogens with two attached hydrogens (primary N) is 1. The van der Waals surface area contributed by atoms with Crippen LogP contribution in [0.5, 0.6) is 0 Å². The van der Waals surface area contributed by atoms with Gasteiger partial charge in [-0.15, -0.1) is 0 Å². The molecule has 1 aromatic heterocycles. The summed E-state index contributed by atoms with van der Waals surface area (Å²) in [5.41, 5.74) is 6.68. The molecule has 0 aliphatic heterocycles. The summed E-state index contributed by atoms with van der Waals surface area (Å²) < 4.78 is 1.68. The molecule has 0 aliphatic carbocycles. The lowest BCUT2D eigenvalue weighted by Crippen LogP contribution is -2.34. The van der Waals surface area contributed by atoms with E-state index in [4.69, 9.17) is 5.73 Å². The number of carbonyl (C=O) groups is 1. The summed E-state index contributed by atoms with van der Waals surface area (Å²) in [4.78, 5) is 12.1. The minimum absolute atomic E-state index is 0.104. The zero-order chi connectivity index (χ0) is 15.2. The first-order chi connectivity index (χ1) is 9.39. The Balaban J connectivity index is 2.51. The average Bonchev–Trinajstić information content (AvgIpc) is 2.78. The maximum atomic E-state index is 12.1. The summed E-state index contributed by atoms with van der Waals surface area (Å²) in [7, 11) is 0. The molecule has 5 heteroatoms. The Hall–Kier alpha value is -1.52. The maximum Gasteiger partial charge on any atom is 0.273 e. The molecule has 0 bridgehead atoms. The third kappa shape index (κ3) is 4.87. The molecule has 20 heavy (non-hydrogen) atoms. The zero-order valence-corrected chi connectivity index (χ0v) is 13.2. The van der Waals surface area contributed by atoms with Crippen LogP contribution in [-0.2, 0) is 6.54 Å². The van der Waals surface area contributed by atoms with Crippen LogP contribution in [0.1, 0.15) is 63.9 Å². The summed E-state index contributed by atoms with van der Waals surface area (Å²) in [6, 6.07) is 0. The summed E-state index contributed by atoms with van der Waals surface area (Å²) in [5.74, 6) is -0.182. The highest BCUT2D eigenvalue weighted by molar-refractivity contribution is 5.97. The van der Waals surface area contributed by atoms with E-state index in [1.165, 1.54) is 19.3 Å². The Morgan fingerprint density at radius 3 is 2.65 bits per heavy atom. The van der Waals surface area contributed by atoms with E-state index in [2.05, 4.69) is 31.2 Å². The third-order valence-corrected chi connectivity index (χ3v) is 3.51. The first-order valence-corrected chi connectivity index (χ1v) is 7.50. The molecule has 1 heterocycles. The van der Waals surface area contributed by atoms with Gasteiger partial charge in [0.05, 0.1) is 5.69 Å². The number of nitrogens with one attached hydrogen (secondary N) is 1. The van der Waals surface area contributed by atoms with Crippen molar-refractivity contribution in [2.75, 3.05) is 12.3 Å². The summed E-state index contributed by atoms with van der Waals surface area (Å²) in [6.07, 6.45) is 6.46. The van der Waals surface area contributed by atoms with E-state index >= 15 is 0 Å². The number of unbranched alkanes of at least 4 members (excludes halogenated alkanes) is 2. The quantitative estimate of drug-likeness (QED) is 0.719. The predicted octanol–water partition coefficient (Wildman–Crippen LogP) is 2.82. The smallest absolute Gasteiger partial charge is 0.273 e. The molecule has 0 unspecified atom stereocenters. The Labute approximate surface area is 121 Å². The number of amides is 1. The minimum Gasteiger partial charge on any atom is -0.396 e. The van der Waals surface area contributed by atoms with E-state index in [9.17, 15) is 4.79 Å². The van der Waals surface area contributed by atoms with Gasteiger partial charge in [0.2, 0.25) is 0 Å². The van der Waals surface area contributed by atoms with Gasteiger partial charge in [-0.3, -0.25) is 9.48 Å². The van der Waals surface area contributed by atoms with Crippen molar-refractivity contribution >= 4 is 11.6 Å². The van der Waals surface area contributed by atoms with Crippen molar-refractivity contribution in [3.63, 3.8) is 0 Å². The first-order valence-electron chi connectivity index (χ1n) is 7.50. The topological polar surface area (TPSA) is 72.9 Å². The second-order valence-corrected chi connectivity index (χ2v) is 6.09. The van der Waals surface area contributed by atoms with Gasteiger partial charge in [0, 0.05) is 19.3 Å². The van der Waals surface area contributed by atoms with Crippen LogP contribution in [-0.4, -0.2) is 22.2 Å². The van der Waals surface area contributed by atoms with Crippen molar-refractivity contribution in [2.45, 2.75) is 59.9 Å². The fraction of sp³-hybridized carbons (Fsp3) is 0.733. The van der Waals surface area contributed by atoms with Crippen molar-refractivity contribution in [3.8, 4) is 0 Å². The van der Waals surface area contributed by atoms with Crippen LogP contribution in [0.15, 0.2) is 6.20 Å². The van der Waals surface area contributed by atoms with Gasteiger partial charge in [-0.25, -0.2) is 0 Å². The van der Waals surface area contributed by atoms with Crippen LogP contribution < -0.4 is 11.1 Å². The summed E-state index contributed by atoms with van der Waals surface area (Å²) in [6.45, 7) is 9.87. The lowest BCUT2D eigenvalue weighted by atomic mass is 9.87. The van der Waals surface area contributed by atoms with Gasteiger partial charge in [-0.1, -0.05) is 40.0 Å². The number of rotatable bonds is 8. The molecule has 1 aromatic rings. The SMILES string of the molecule is CCCCCC(C)(C)CNC(=O)c1nn(CC)cc1N. The number of aryl methyl sites for hydroxylation is 1. The van der Waals surface area contributed by atoms with E-state index in [-0.39, 0.29) is 11.3 Å². The molecule has 0 spiro atoms. The number of nitrogens with zero attached hydrogens (tertiary/aromatic N) is 2. The molecular formula is C15H28N4O. The van der Waals surface area contributed by atoms with Crippen molar-refractivity contribution in [3.05, 3.63) is 11.9 Å². The van der Waals surface area contributed by atoms with Gasteiger partial charge >= 0.3 is 0 Å². The molecule has 1 rings (SSSR count). The van der Waals surface area contributed by atoms with Crippen LogP contribution in [0, 0.1) is 5.41 Å². The Morgan fingerprint density at radius 2 is 2.10 bits per heavy atom. The standard InChI is InChI=1S/C15H28N4O/c1-5-7-8-9-15(3,4)11-17-14(20)13-12(16)10-19(6-2)18-13/h10H,5-9,11,16H2,1-4H3,(H,17,20). The van der Waals surface area contributed by atoms with E-state index in [0.29, 0.717) is 24.5 Å². The van der Waals surface area contributed by atoms with E-state index in [1.807, 2.05) is 6.92 Å². The predicted molar refractivity (Wildman–Crippen MR) is 82.6 cm³/mol. The molecule has 1 amide bonds. The van der Waals surface area contributed by atoms with Crippen LogP contribution in [0.25, 0.3) is 0 Å². The fourth-order valence-corrected chi connectivity index (χ4v) is 2.12. The van der Waals surface area contributed by atoms with Gasteiger partial charge in [0.1, 0.15) is 0 Å². The number of hydrogen-bond acceptors (Lipinski definition) is 3. The number of carbonyl (C=O) groups excluding carboxylic acids is 1. The van der Waals surface area contributed by atoms with Crippen molar-refractivity contribution in [1.29, 1.82) is 0 Å². The summed E-state index contributed by atoms with van der Waals surface area (Å²) in [5, 5.41) is 7.13. The normalized spacial score (nSPS) is 11.6. The molecule has 0 fully saturated rings.